The van der Waals surface area contributed by atoms with Crippen LogP contribution in [0.3, 0.4) is 0 Å². The molecular formula is C11H18N4O2. The Morgan fingerprint density at radius 1 is 1.65 bits per heavy atom. The third kappa shape index (κ3) is 2.89. The summed E-state index contributed by atoms with van der Waals surface area (Å²) in [5, 5.41) is 3.95. The highest BCUT2D eigenvalue weighted by atomic mass is 16.5. The number of ketones is 1. The predicted molar refractivity (Wildman–Crippen MR) is 61.6 cm³/mol. The summed E-state index contributed by atoms with van der Waals surface area (Å²) in [5.41, 5.74) is 0. The van der Waals surface area contributed by atoms with E-state index >= 15 is 0 Å². The van der Waals surface area contributed by atoms with Gasteiger partial charge in [-0.3, -0.25) is 14.4 Å². The van der Waals surface area contributed by atoms with E-state index in [0.29, 0.717) is 25.4 Å². The molecule has 1 aliphatic rings. The van der Waals surface area contributed by atoms with Gasteiger partial charge in [0, 0.05) is 20.1 Å². The fourth-order valence-corrected chi connectivity index (χ4v) is 1.93. The third-order valence-corrected chi connectivity index (χ3v) is 3.09. The third-order valence-electron chi connectivity index (χ3n) is 3.09. The van der Waals surface area contributed by atoms with Gasteiger partial charge in [-0.05, 0) is 6.54 Å². The van der Waals surface area contributed by atoms with Crippen molar-refractivity contribution in [1.82, 2.24) is 19.7 Å². The Hall–Kier alpha value is -1.27. The first kappa shape index (κ1) is 12.2. The smallest absolute Gasteiger partial charge is 0.170 e. The molecule has 0 spiro atoms. The summed E-state index contributed by atoms with van der Waals surface area (Å²) in [6.07, 6.45) is 1.43. The maximum Gasteiger partial charge on any atom is 0.170 e. The SMILES string of the molecule is CCN1CCOC(C(=O)Cc2ncnn2C)C1. The van der Waals surface area contributed by atoms with Crippen molar-refractivity contribution in [2.45, 2.75) is 19.4 Å². The van der Waals surface area contributed by atoms with Crippen LogP contribution in [0.5, 0.6) is 0 Å². The normalized spacial score (nSPS) is 21.6. The number of Topliss-reactive ketones (excluding diaryl/α,β-unsaturated/α-hetero) is 1. The van der Waals surface area contributed by atoms with Crippen molar-refractivity contribution in [1.29, 1.82) is 0 Å². The number of rotatable bonds is 4. The Bertz CT molecular complexity index is 391. The molecule has 1 atom stereocenters. The molecule has 6 heteroatoms. The summed E-state index contributed by atoms with van der Waals surface area (Å²) >= 11 is 0. The van der Waals surface area contributed by atoms with Crippen molar-refractivity contribution >= 4 is 5.78 Å². The molecule has 0 N–H and O–H groups in total. The van der Waals surface area contributed by atoms with Crippen LogP contribution in [0.4, 0.5) is 0 Å². The lowest BCUT2D eigenvalue weighted by Gasteiger charge is -2.31. The Kier molecular flexibility index (Phi) is 3.86. The number of morpholine rings is 1. The number of hydrogen-bond acceptors (Lipinski definition) is 5. The van der Waals surface area contributed by atoms with Gasteiger partial charge in [-0.15, -0.1) is 0 Å². The molecule has 1 unspecified atom stereocenters. The van der Waals surface area contributed by atoms with Crippen LogP contribution in [-0.4, -0.2) is 57.8 Å². The number of aromatic nitrogens is 3. The molecule has 1 saturated heterocycles. The number of aryl methyl sites for hydroxylation is 1. The van der Waals surface area contributed by atoms with Crippen LogP contribution in [-0.2, 0) is 23.0 Å². The van der Waals surface area contributed by atoms with Gasteiger partial charge in [0.15, 0.2) is 5.78 Å². The molecule has 0 radical (unpaired) electrons. The lowest BCUT2D eigenvalue weighted by molar-refractivity contribution is -0.135. The van der Waals surface area contributed by atoms with Gasteiger partial charge in [0.2, 0.25) is 0 Å². The second-order valence-electron chi connectivity index (χ2n) is 4.20. The largest absolute Gasteiger partial charge is 0.368 e. The number of nitrogens with zero attached hydrogens (tertiary/aromatic N) is 4. The molecule has 1 aromatic heterocycles. The molecule has 0 bridgehead atoms. The van der Waals surface area contributed by atoms with E-state index in [1.165, 1.54) is 6.33 Å². The minimum absolute atomic E-state index is 0.0826. The van der Waals surface area contributed by atoms with E-state index in [9.17, 15) is 4.79 Å². The summed E-state index contributed by atoms with van der Waals surface area (Å²) in [6, 6.07) is 0. The molecule has 0 aliphatic carbocycles. The van der Waals surface area contributed by atoms with Crippen LogP contribution in [0.1, 0.15) is 12.7 Å². The van der Waals surface area contributed by atoms with Crippen LogP contribution in [0.2, 0.25) is 0 Å². The maximum absolute atomic E-state index is 12.0. The van der Waals surface area contributed by atoms with Gasteiger partial charge in [-0.1, -0.05) is 6.92 Å². The lowest BCUT2D eigenvalue weighted by atomic mass is 10.1. The zero-order valence-electron chi connectivity index (χ0n) is 10.3. The van der Waals surface area contributed by atoms with Crippen LogP contribution >= 0.6 is 0 Å². The molecule has 1 fully saturated rings. The fourth-order valence-electron chi connectivity index (χ4n) is 1.93. The molecule has 17 heavy (non-hydrogen) atoms. The average Bonchev–Trinajstić information content (AvgIpc) is 2.75. The summed E-state index contributed by atoms with van der Waals surface area (Å²) in [4.78, 5) is 18.3. The summed E-state index contributed by atoms with van der Waals surface area (Å²) in [6.45, 7) is 5.27. The van der Waals surface area contributed by atoms with E-state index in [4.69, 9.17) is 4.74 Å². The van der Waals surface area contributed by atoms with Crippen molar-refractivity contribution < 1.29 is 9.53 Å². The Morgan fingerprint density at radius 3 is 3.12 bits per heavy atom. The van der Waals surface area contributed by atoms with E-state index < -0.39 is 0 Å². The predicted octanol–water partition coefficient (Wildman–Crippen LogP) is -0.353. The van der Waals surface area contributed by atoms with Crippen molar-refractivity contribution in [3.05, 3.63) is 12.2 Å². The lowest BCUT2D eigenvalue weighted by Crippen LogP contribution is -2.46. The van der Waals surface area contributed by atoms with Crippen molar-refractivity contribution in [3.8, 4) is 0 Å². The van der Waals surface area contributed by atoms with Gasteiger partial charge in [0.1, 0.15) is 18.3 Å². The highest BCUT2D eigenvalue weighted by Gasteiger charge is 2.26. The van der Waals surface area contributed by atoms with Gasteiger partial charge < -0.3 is 4.74 Å². The standard InChI is InChI=1S/C11H18N4O2/c1-3-15-4-5-17-10(7-15)9(16)6-11-12-8-13-14(11)2/h8,10H,3-7H2,1-2H3. The molecule has 0 amide bonds. The van der Waals surface area contributed by atoms with E-state index in [-0.39, 0.29) is 11.9 Å². The monoisotopic (exact) mass is 238 g/mol. The van der Waals surface area contributed by atoms with Crippen LogP contribution in [0, 0.1) is 0 Å². The van der Waals surface area contributed by atoms with Crippen LogP contribution in [0.25, 0.3) is 0 Å². The topological polar surface area (TPSA) is 60.2 Å². The van der Waals surface area contributed by atoms with E-state index in [0.717, 1.165) is 13.1 Å². The van der Waals surface area contributed by atoms with E-state index in [2.05, 4.69) is 21.9 Å². The van der Waals surface area contributed by atoms with Gasteiger partial charge in [-0.25, -0.2) is 4.98 Å². The molecule has 1 aliphatic heterocycles. The quantitative estimate of drug-likeness (QED) is 0.717. The summed E-state index contributed by atoms with van der Waals surface area (Å²) in [7, 11) is 1.79. The first-order chi connectivity index (χ1) is 8.20. The molecule has 0 saturated carbocycles. The van der Waals surface area contributed by atoms with Crippen LogP contribution in [0.15, 0.2) is 6.33 Å². The first-order valence-corrected chi connectivity index (χ1v) is 5.90. The van der Waals surface area contributed by atoms with Gasteiger partial charge in [0.25, 0.3) is 0 Å². The summed E-state index contributed by atoms with van der Waals surface area (Å²) < 4.78 is 7.14. The fraction of sp³-hybridized carbons (Fsp3) is 0.727. The van der Waals surface area contributed by atoms with Crippen molar-refractivity contribution in [3.63, 3.8) is 0 Å². The second-order valence-corrected chi connectivity index (χ2v) is 4.20. The molecule has 0 aromatic carbocycles. The number of ether oxygens (including phenoxy) is 1. The minimum atomic E-state index is -0.319. The second kappa shape index (κ2) is 5.37. The number of carbonyl (C=O) groups is 1. The molecule has 94 valence electrons. The minimum Gasteiger partial charge on any atom is -0.368 e. The van der Waals surface area contributed by atoms with Crippen molar-refractivity contribution in [2.24, 2.45) is 7.05 Å². The Labute approximate surface area is 101 Å². The average molecular weight is 238 g/mol. The maximum atomic E-state index is 12.0. The first-order valence-electron chi connectivity index (χ1n) is 5.90. The number of carbonyl (C=O) groups excluding carboxylic acids is 1. The molecular weight excluding hydrogens is 220 g/mol. The highest BCUT2D eigenvalue weighted by molar-refractivity contribution is 5.84. The summed E-state index contributed by atoms with van der Waals surface area (Å²) in [5.74, 6) is 0.770. The Morgan fingerprint density at radius 2 is 2.47 bits per heavy atom. The number of hydrogen-bond donors (Lipinski definition) is 0. The van der Waals surface area contributed by atoms with Gasteiger partial charge in [-0.2, -0.15) is 5.10 Å². The van der Waals surface area contributed by atoms with Gasteiger partial charge >= 0.3 is 0 Å². The van der Waals surface area contributed by atoms with E-state index in [1.54, 1.807) is 11.7 Å². The molecule has 1 aromatic rings. The van der Waals surface area contributed by atoms with E-state index in [1.807, 2.05) is 0 Å². The van der Waals surface area contributed by atoms with Crippen molar-refractivity contribution in [2.75, 3.05) is 26.2 Å². The molecule has 2 heterocycles. The zero-order valence-corrected chi connectivity index (χ0v) is 10.3. The molecule has 6 nitrogen and oxygen atoms in total. The zero-order chi connectivity index (χ0) is 12.3. The highest BCUT2D eigenvalue weighted by Crippen LogP contribution is 2.08. The number of likely N-dealkylation sites (N-methyl/N-ethyl adjacent to an activating group) is 1. The Balaban J connectivity index is 1.94. The molecule has 2 rings (SSSR count). The van der Waals surface area contributed by atoms with Crippen LogP contribution < -0.4 is 0 Å². The van der Waals surface area contributed by atoms with Gasteiger partial charge in [0.05, 0.1) is 13.0 Å².